The van der Waals surface area contributed by atoms with E-state index in [1.54, 1.807) is 62.4 Å². The number of aliphatic imine (C=N–C) groups is 2. The smallest absolute Gasteiger partial charge is 0.303 e. The monoisotopic (exact) mass is 766 g/mol. The molecule has 0 radical (unpaired) electrons. The Balaban J connectivity index is 0.000000231. The number of carboxylic acid groups (broad SMARTS) is 2. The molecule has 0 unspecified atom stereocenters. The molecule has 3 aliphatic heterocycles. The fourth-order valence-electron chi connectivity index (χ4n) is 4.75. The average Bonchev–Trinajstić information content (AvgIpc) is 3.49. The number of halogens is 4. The van der Waals surface area contributed by atoms with Crippen LogP contribution in [0.25, 0.3) is 12.2 Å². The van der Waals surface area contributed by atoms with E-state index in [-0.39, 0.29) is 24.7 Å². The average molecular weight is 769 g/mol. The number of carbonyl (C=O) groups excluding carboxylic acids is 2. The van der Waals surface area contributed by atoms with Gasteiger partial charge >= 0.3 is 11.9 Å². The van der Waals surface area contributed by atoms with Crippen molar-refractivity contribution in [3.05, 3.63) is 79.0 Å². The van der Waals surface area contributed by atoms with Gasteiger partial charge in [-0.25, -0.2) is 9.98 Å². The zero-order valence-electron chi connectivity index (χ0n) is 27.5. The maximum atomic E-state index is 12.3. The van der Waals surface area contributed by atoms with Crippen molar-refractivity contribution in [2.24, 2.45) is 9.98 Å². The Hall–Kier alpha value is -3.78. The molecule has 2 aromatic carbocycles. The minimum Gasteiger partial charge on any atom is -0.481 e. The van der Waals surface area contributed by atoms with Crippen molar-refractivity contribution < 1.29 is 29.4 Å². The molecule has 16 heteroatoms. The first kappa shape index (κ1) is 40.6. The van der Waals surface area contributed by atoms with Gasteiger partial charge in [0.25, 0.3) is 11.8 Å². The van der Waals surface area contributed by atoms with Gasteiger partial charge in [0.2, 0.25) is 0 Å². The van der Waals surface area contributed by atoms with Gasteiger partial charge in [0.05, 0.1) is 20.1 Å². The molecule has 50 heavy (non-hydrogen) atoms. The molecule has 3 aliphatic rings. The van der Waals surface area contributed by atoms with Crippen molar-refractivity contribution in [3.8, 4) is 0 Å². The lowest BCUT2D eigenvalue weighted by Crippen LogP contribution is -2.39. The minimum atomic E-state index is -0.882. The molecule has 0 atom stereocenters. The molecule has 2 amide bonds. The summed E-state index contributed by atoms with van der Waals surface area (Å²) >= 11 is 23.6. The van der Waals surface area contributed by atoms with Crippen LogP contribution in [0.3, 0.4) is 0 Å². The predicted molar refractivity (Wildman–Crippen MR) is 198 cm³/mol. The van der Waals surface area contributed by atoms with Crippen LogP contribution >= 0.6 is 46.4 Å². The van der Waals surface area contributed by atoms with Crippen molar-refractivity contribution in [3.63, 3.8) is 0 Å². The van der Waals surface area contributed by atoms with E-state index in [9.17, 15) is 19.2 Å². The number of nitrogens with zero attached hydrogens (tertiary/aromatic N) is 4. The summed E-state index contributed by atoms with van der Waals surface area (Å²) < 4.78 is 0. The molecule has 0 aromatic heterocycles. The molecule has 0 aliphatic carbocycles. The summed E-state index contributed by atoms with van der Waals surface area (Å²) in [5, 5.41) is 25.4. The lowest BCUT2D eigenvalue weighted by atomic mass is 10.2. The molecule has 12 nitrogen and oxygen atoms in total. The maximum absolute atomic E-state index is 12.3. The molecule has 2 aromatic rings. The molecule has 4 N–H and O–H groups in total. The SMILES string of the molecule is C1CNCCN1.CC1=N/C(=C/c2ccc(Cl)c(Cl)c2)C(=O)N1CCCC(=O)O.CC1=N/C(=C/c2ccc(Cl)c(Cl)c2)C(=O)N1CCCC(=O)O. The first-order valence-corrected chi connectivity index (χ1v) is 17.2. The van der Waals surface area contributed by atoms with Crippen LogP contribution in [0.4, 0.5) is 0 Å². The first-order chi connectivity index (χ1) is 23.8. The zero-order valence-corrected chi connectivity index (χ0v) is 30.5. The lowest BCUT2D eigenvalue weighted by Gasteiger charge is -2.14. The Bertz CT molecular complexity index is 1580. The molecular formula is C34H38Cl4N6O6. The van der Waals surface area contributed by atoms with E-state index < -0.39 is 11.9 Å². The van der Waals surface area contributed by atoms with Gasteiger partial charge in [0.15, 0.2) is 0 Å². The second-order valence-corrected chi connectivity index (χ2v) is 12.8. The second-order valence-electron chi connectivity index (χ2n) is 11.1. The molecular weight excluding hydrogens is 730 g/mol. The van der Waals surface area contributed by atoms with Gasteiger partial charge in [-0.15, -0.1) is 0 Å². The summed E-state index contributed by atoms with van der Waals surface area (Å²) in [5.41, 5.74) is 2.04. The van der Waals surface area contributed by atoms with E-state index in [1.807, 2.05) is 0 Å². The number of carbonyl (C=O) groups is 4. The van der Waals surface area contributed by atoms with E-state index in [1.165, 1.54) is 9.80 Å². The van der Waals surface area contributed by atoms with Crippen LogP contribution in [-0.2, 0) is 19.2 Å². The van der Waals surface area contributed by atoms with Crippen molar-refractivity contribution in [1.82, 2.24) is 20.4 Å². The number of amidine groups is 2. The molecule has 1 fully saturated rings. The molecule has 1 saturated heterocycles. The quantitative estimate of drug-likeness (QED) is 0.211. The van der Waals surface area contributed by atoms with Gasteiger partial charge in [-0.05, 0) is 74.2 Å². The topological polar surface area (TPSA) is 164 Å². The van der Waals surface area contributed by atoms with Gasteiger partial charge in [0, 0.05) is 52.1 Å². The van der Waals surface area contributed by atoms with Gasteiger partial charge in [-0.2, -0.15) is 0 Å². The summed E-state index contributed by atoms with van der Waals surface area (Å²) in [4.78, 5) is 57.0. The zero-order chi connectivity index (χ0) is 36.8. The van der Waals surface area contributed by atoms with E-state index in [0.717, 1.165) is 37.3 Å². The van der Waals surface area contributed by atoms with Crippen LogP contribution in [-0.4, -0.2) is 94.7 Å². The summed E-state index contributed by atoms with van der Waals surface area (Å²) in [6.07, 6.45) is 4.06. The fraction of sp³-hybridized carbons (Fsp3) is 0.353. The highest BCUT2D eigenvalue weighted by molar-refractivity contribution is 6.42. The highest BCUT2D eigenvalue weighted by Crippen LogP contribution is 2.27. The van der Waals surface area contributed by atoms with Crippen molar-refractivity contribution in [1.29, 1.82) is 0 Å². The van der Waals surface area contributed by atoms with Crippen LogP contribution in [0.5, 0.6) is 0 Å². The van der Waals surface area contributed by atoms with Crippen molar-refractivity contribution >= 4 is 94.0 Å². The van der Waals surface area contributed by atoms with Crippen LogP contribution in [0.2, 0.25) is 20.1 Å². The molecule has 0 bridgehead atoms. The summed E-state index contributed by atoms with van der Waals surface area (Å²) in [7, 11) is 0. The molecule has 3 heterocycles. The fourth-order valence-corrected chi connectivity index (χ4v) is 5.36. The molecule has 0 spiro atoms. The second kappa shape index (κ2) is 20.2. The number of piperazine rings is 1. The normalized spacial score (nSPS) is 17.2. The van der Waals surface area contributed by atoms with Crippen LogP contribution in [0, 0.1) is 0 Å². The van der Waals surface area contributed by atoms with Crippen LogP contribution < -0.4 is 10.6 Å². The van der Waals surface area contributed by atoms with Gasteiger partial charge in [-0.3, -0.25) is 29.0 Å². The Morgan fingerprint density at radius 1 is 0.680 bits per heavy atom. The highest BCUT2D eigenvalue weighted by atomic mass is 35.5. The van der Waals surface area contributed by atoms with Gasteiger partial charge in [0.1, 0.15) is 23.1 Å². The summed E-state index contributed by atoms with van der Waals surface area (Å²) in [6, 6.07) is 10.1. The van der Waals surface area contributed by atoms with Crippen molar-refractivity contribution in [2.75, 3.05) is 39.3 Å². The van der Waals surface area contributed by atoms with Gasteiger partial charge in [-0.1, -0.05) is 58.5 Å². The Labute approximate surface area is 310 Å². The lowest BCUT2D eigenvalue weighted by molar-refractivity contribution is -0.138. The summed E-state index contributed by atoms with van der Waals surface area (Å²) in [5.74, 6) is -1.13. The molecule has 0 saturated carbocycles. The third kappa shape index (κ3) is 12.8. The number of nitrogens with one attached hydrogen (secondary N) is 2. The third-order valence-corrected chi connectivity index (χ3v) is 8.75. The standard InChI is InChI=1S/2C15H14Cl2N2O3.C4H10N2/c2*1-9-18-13(8-10-4-5-11(16)12(17)7-10)15(22)19(9)6-2-3-14(20)21;1-2-6-4-3-5-1/h2*4-5,7-8H,2-3,6H2,1H3,(H,20,21);5-6H,1-4H2/b2*13-8+;. The number of amides is 2. The molecule has 5 rings (SSSR count). The Kier molecular flexibility index (Phi) is 16.4. The highest BCUT2D eigenvalue weighted by Gasteiger charge is 2.28. The van der Waals surface area contributed by atoms with Crippen LogP contribution in [0.15, 0.2) is 57.8 Å². The predicted octanol–water partition coefficient (Wildman–Crippen LogP) is 6.10. The Morgan fingerprint density at radius 3 is 1.34 bits per heavy atom. The molecule has 268 valence electrons. The number of benzene rings is 2. The number of hydrogen-bond acceptors (Lipinski definition) is 8. The van der Waals surface area contributed by atoms with Crippen molar-refractivity contribution in [2.45, 2.75) is 39.5 Å². The van der Waals surface area contributed by atoms with Gasteiger partial charge < -0.3 is 20.8 Å². The summed E-state index contributed by atoms with van der Waals surface area (Å²) in [6.45, 7) is 8.65. The number of aliphatic carboxylic acids is 2. The largest absolute Gasteiger partial charge is 0.481 e. The number of carboxylic acids is 2. The minimum absolute atomic E-state index is 0.0168. The Morgan fingerprint density at radius 2 is 1.04 bits per heavy atom. The van der Waals surface area contributed by atoms with E-state index >= 15 is 0 Å². The first-order valence-electron chi connectivity index (χ1n) is 15.7. The van der Waals surface area contributed by atoms with E-state index in [2.05, 4.69) is 20.6 Å². The van der Waals surface area contributed by atoms with E-state index in [0.29, 0.717) is 69.1 Å². The maximum Gasteiger partial charge on any atom is 0.303 e. The number of rotatable bonds is 10. The number of hydrogen-bond donors (Lipinski definition) is 4. The van der Waals surface area contributed by atoms with E-state index in [4.69, 9.17) is 56.6 Å². The third-order valence-electron chi connectivity index (χ3n) is 7.27. The van der Waals surface area contributed by atoms with Crippen LogP contribution in [0.1, 0.15) is 50.7 Å².